The van der Waals surface area contributed by atoms with Crippen molar-refractivity contribution in [2.45, 2.75) is 39.8 Å². The third-order valence-electron chi connectivity index (χ3n) is 2.69. The predicted octanol–water partition coefficient (Wildman–Crippen LogP) is 2.47. The van der Waals surface area contributed by atoms with Crippen LogP contribution in [0.25, 0.3) is 0 Å². The molecular formula is C14H23IN4O. The molecular weight excluding hydrogens is 367 g/mol. The summed E-state index contributed by atoms with van der Waals surface area (Å²) in [5.41, 5.74) is 7.56. The minimum absolute atomic E-state index is 0. The van der Waals surface area contributed by atoms with E-state index in [0.717, 1.165) is 17.7 Å². The molecule has 0 bridgehead atoms. The predicted molar refractivity (Wildman–Crippen MR) is 94.4 cm³/mol. The van der Waals surface area contributed by atoms with Gasteiger partial charge in [-0.2, -0.15) is 0 Å². The highest BCUT2D eigenvalue weighted by molar-refractivity contribution is 14.0. The molecule has 0 aliphatic rings. The fraction of sp³-hybridized carbons (Fsp3) is 0.429. The molecule has 0 aliphatic heterocycles. The van der Waals surface area contributed by atoms with Crippen LogP contribution in [0.1, 0.15) is 32.8 Å². The molecule has 0 radical (unpaired) electrons. The summed E-state index contributed by atoms with van der Waals surface area (Å²) in [5.74, 6) is 0.359. The maximum Gasteiger partial charge on any atom is 0.221 e. The Morgan fingerprint density at radius 2 is 2.15 bits per heavy atom. The van der Waals surface area contributed by atoms with Gasteiger partial charge in [-0.15, -0.1) is 24.0 Å². The molecule has 1 amide bonds. The third kappa shape index (κ3) is 7.32. The number of carbonyl (C=O) groups excluding carboxylic acids is 1. The van der Waals surface area contributed by atoms with Gasteiger partial charge < -0.3 is 16.4 Å². The van der Waals surface area contributed by atoms with Crippen molar-refractivity contribution in [3.05, 3.63) is 29.8 Å². The monoisotopic (exact) mass is 390 g/mol. The van der Waals surface area contributed by atoms with E-state index < -0.39 is 0 Å². The van der Waals surface area contributed by atoms with Gasteiger partial charge in [-0.1, -0.05) is 19.1 Å². The summed E-state index contributed by atoms with van der Waals surface area (Å²) < 4.78 is 0. The zero-order valence-corrected chi connectivity index (χ0v) is 14.5. The van der Waals surface area contributed by atoms with Gasteiger partial charge in [0.05, 0.1) is 6.54 Å². The molecule has 112 valence electrons. The van der Waals surface area contributed by atoms with E-state index in [1.807, 2.05) is 24.3 Å². The van der Waals surface area contributed by atoms with E-state index in [2.05, 4.69) is 29.5 Å². The van der Waals surface area contributed by atoms with Gasteiger partial charge in [0.25, 0.3) is 0 Å². The maximum absolute atomic E-state index is 11.0. The van der Waals surface area contributed by atoms with E-state index in [-0.39, 0.29) is 29.9 Å². The van der Waals surface area contributed by atoms with Gasteiger partial charge in [0.1, 0.15) is 0 Å². The third-order valence-corrected chi connectivity index (χ3v) is 2.69. The lowest BCUT2D eigenvalue weighted by molar-refractivity contribution is -0.114. The van der Waals surface area contributed by atoms with Crippen molar-refractivity contribution in [3.63, 3.8) is 0 Å². The molecule has 0 saturated heterocycles. The number of nitrogens with one attached hydrogen (secondary N) is 2. The van der Waals surface area contributed by atoms with Crippen LogP contribution in [0.15, 0.2) is 29.3 Å². The molecule has 0 spiro atoms. The fourth-order valence-electron chi connectivity index (χ4n) is 1.53. The number of halogens is 1. The van der Waals surface area contributed by atoms with Crippen LogP contribution in [0.4, 0.5) is 5.69 Å². The Balaban J connectivity index is 0.00000361. The number of benzene rings is 1. The number of hydrogen-bond acceptors (Lipinski definition) is 2. The van der Waals surface area contributed by atoms with Gasteiger partial charge in [-0.05, 0) is 31.0 Å². The van der Waals surface area contributed by atoms with E-state index in [1.165, 1.54) is 6.92 Å². The first kappa shape index (κ1) is 18.7. The topological polar surface area (TPSA) is 79.5 Å². The summed E-state index contributed by atoms with van der Waals surface area (Å²) in [6.07, 6.45) is 0.994. The van der Waals surface area contributed by atoms with Crippen LogP contribution in [0, 0.1) is 0 Å². The minimum atomic E-state index is -0.0846. The Morgan fingerprint density at radius 3 is 2.75 bits per heavy atom. The number of nitrogens with zero attached hydrogens (tertiary/aromatic N) is 1. The Hall–Kier alpha value is -1.31. The number of rotatable bonds is 5. The normalized spacial score (nSPS) is 12.2. The van der Waals surface area contributed by atoms with E-state index in [4.69, 9.17) is 5.73 Å². The number of carbonyl (C=O) groups is 1. The smallest absolute Gasteiger partial charge is 0.221 e. The lowest BCUT2D eigenvalue weighted by atomic mass is 10.2. The van der Waals surface area contributed by atoms with Gasteiger partial charge in [0, 0.05) is 18.7 Å². The lowest BCUT2D eigenvalue weighted by Gasteiger charge is -2.11. The second-order valence-corrected chi connectivity index (χ2v) is 4.54. The number of amides is 1. The standard InChI is InChI=1S/C14H22N4O.HI/c1-4-10(2)17-14(15)16-9-12-6-5-7-13(8-12)18-11(3)19;/h5-8,10H,4,9H2,1-3H3,(H,18,19)(H3,15,16,17);1H. The highest BCUT2D eigenvalue weighted by Gasteiger charge is 2.00. The average Bonchev–Trinajstić information content (AvgIpc) is 2.36. The van der Waals surface area contributed by atoms with Crippen molar-refractivity contribution >= 4 is 41.5 Å². The fourth-order valence-corrected chi connectivity index (χ4v) is 1.53. The summed E-state index contributed by atoms with van der Waals surface area (Å²) in [7, 11) is 0. The Labute approximate surface area is 137 Å². The minimum Gasteiger partial charge on any atom is -0.370 e. The van der Waals surface area contributed by atoms with E-state index in [9.17, 15) is 4.79 Å². The number of guanidine groups is 1. The van der Waals surface area contributed by atoms with Gasteiger partial charge in [0.15, 0.2) is 5.96 Å². The van der Waals surface area contributed by atoms with Crippen LogP contribution in [0.5, 0.6) is 0 Å². The van der Waals surface area contributed by atoms with Crippen LogP contribution < -0.4 is 16.4 Å². The van der Waals surface area contributed by atoms with Crippen LogP contribution in [0.2, 0.25) is 0 Å². The second kappa shape index (κ2) is 9.57. The zero-order chi connectivity index (χ0) is 14.3. The van der Waals surface area contributed by atoms with E-state index >= 15 is 0 Å². The molecule has 20 heavy (non-hydrogen) atoms. The highest BCUT2D eigenvalue weighted by atomic mass is 127. The molecule has 1 aromatic rings. The van der Waals surface area contributed by atoms with Gasteiger partial charge in [0.2, 0.25) is 5.91 Å². The average molecular weight is 390 g/mol. The summed E-state index contributed by atoms with van der Waals surface area (Å²) in [5, 5.41) is 5.84. The maximum atomic E-state index is 11.0. The molecule has 1 unspecified atom stereocenters. The molecule has 1 aromatic carbocycles. The Kier molecular flexibility index (Phi) is 8.94. The molecule has 1 rings (SSSR count). The van der Waals surface area contributed by atoms with Crippen molar-refractivity contribution in [3.8, 4) is 0 Å². The van der Waals surface area contributed by atoms with Crippen molar-refractivity contribution in [2.75, 3.05) is 5.32 Å². The van der Waals surface area contributed by atoms with Crippen LogP contribution in [-0.2, 0) is 11.3 Å². The molecule has 0 heterocycles. The van der Waals surface area contributed by atoms with Crippen molar-refractivity contribution in [2.24, 2.45) is 10.7 Å². The zero-order valence-electron chi connectivity index (χ0n) is 12.1. The van der Waals surface area contributed by atoms with Crippen LogP contribution in [0.3, 0.4) is 0 Å². The number of aliphatic imine (C=N–C) groups is 1. The quantitative estimate of drug-likeness (QED) is 0.411. The Bertz CT molecular complexity index is 462. The number of hydrogen-bond donors (Lipinski definition) is 3. The van der Waals surface area contributed by atoms with Crippen molar-refractivity contribution in [1.82, 2.24) is 5.32 Å². The molecule has 1 atom stereocenters. The van der Waals surface area contributed by atoms with E-state index in [1.54, 1.807) is 0 Å². The first-order chi connectivity index (χ1) is 9.01. The summed E-state index contributed by atoms with van der Waals surface area (Å²) in [6.45, 7) is 6.11. The molecule has 5 nitrogen and oxygen atoms in total. The summed E-state index contributed by atoms with van der Waals surface area (Å²) in [6, 6.07) is 7.88. The van der Waals surface area contributed by atoms with Crippen LogP contribution in [-0.4, -0.2) is 17.9 Å². The molecule has 6 heteroatoms. The first-order valence-corrected chi connectivity index (χ1v) is 6.44. The first-order valence-electron chi connectivity index (χ1n) is 6.44. The number of anilines is 1. The van der Waals surface area contributed by atoms with Crippen molar-refractivity contribution in [1.29, 1.82) is 0 Å². The second-order valence-electron chi connectivity index (χ2n) is 4.54. The molecule has 0 aliphatic carbocycles. The van der Waals surface area contributed by atoms with Gasteiger partial charge in [-0.3, -0.25) is 4.79 Å². The summed E-state index contributed by atoms with van der Waals surface area (Å²) >= 11 is 0. The van der Waals surface area contributed by atoms with E-state index in [0.29, 0.717) is 18.5 Å². The molecule has 0 saturated carbocycles. The van der Waals surface area contributed by atoms with Crippen LogP contribution >= 0.6 is 24.0 Å². The SMILES string of the molecule is CCC(C)NC(N)=NCc1cccc(NC(C)=O)c1.I. The van der Waals surface area contributed by atoms with Crippen molar-refractivity contribution < 1.29 is 4.79 Å². The largest absolute Gasteiger partial charge is 0.370 e. The van der Waals surface area contributed by atoms with Gasteiger partial charge >= 0.3 is 0 Å². The lowest BCUT2D eigenvalue weighted by Crippen LogP contribution is -2.38. The number of nitrogens with two attached hydrogens (primary N) is 1. The molecule has 4 N–H and O–H groups in total. The molecule has 0 aromatic heterocycles. The Morgan fingerprint density at radius 1 is 1.45 bits per heavy atom. The van der Waals surface area contributed by atoms with Gasteiger partial charge in [-0.25, -0.2) is 4.99 Å². The molecule has 0 fully saturated rings. The summed E-state index contributed by atoms with van der Waals surface area (Å²) in [4.78, 5) is 15.2. The highest BCUT2D eigenvalue weighted by Crippen LogP contribution is 2.11.